The minimum atomic E-state index is -1.04. The van der Waals surface area contributed by atoms with Crippen molar-refractivity contribution in [3.05, 3.63) is 65.7 Å². The first-order valence-electron chi connectivity index (χ1n) is 6.97. The summed E-state index contributed by atoms with van der Waals surface area (Å²) in [5.41, 5.74) is 1.93. The molecule has 6 heteroatoms. The van der Waals surface area contributed by atoms with Gasteiger partial charge in [0, 0.05) is 10.5 Å². The molecular weight excluding hydrogens is 328 g/mol. The topological polar surface area (TPSA) is 62.2 Å². The molecule has 0 radical (unpaired) electrons. The minimum Gasteiger partial charge on any atom is -0.465 e. The maximum Gasteiger partial charge on any atom is 0.405 e. The van der Waals surface area contributed by atoms with Crippen molar-refractivity contribution in [3.63, 3.8) is 0 Å². The van der Waals surface area contributed by atoms with Gasteiger partial charge >= 0.3 is 6.09 Å². The van der Waals surface area contributed by atoms with Crippen molar-refractivity contribution in [2.75, 3.05) is 0 Å². The molecular formula is C17H14N2O2S2. The molecule has 0 aliphatic rings. The summed E-state index contributed by atoms with van der Waals surface area (Å²) in [4.78, 5) is 16.4. The molecule has 0 saturated heterocycles. The number of carboxylic acid groups (broad SMARTS) is 1. The number of benzene rings is 2. The minimum absolute atomic E-state index is 0.217. The summed E-state index contributed by atoms with van der Waals surface area (Å²) in [5, 5.41) is 11.9. The van der Waals surface area contributed by atoms with E-state index in [1.54, 1.807) is 11.8 Å². The molecule has 116 valence electrons. The van der Waals surface area contributed by atoms with Crippen LogP contribution in [0.4, 0.5) is 4.79 Å². The molecule has 0 spiro atoms. The lowest BCUT2D eigenvalue weighted by Gasteiger charge is -2.02. The van der Waals surface area contributed by atoms with Crippen molar-refractivity contribution in [1.29, 1.82) is 0 Å². The second-order valence-corrected chi connectivity index (χ2v) is 7.11. The number of nitrogens with one attached hydrogen (secondary N) is 1. The zero-order valence-corrected chi connectivity index (χ0v) is 13.7. The van der Waals surface area contributed by atoms with E-state index in [1.807, 2.05) is 60.7 Å². The van der Waals surface area contributed by atoms with Crippen molar-refractivity contribution in [1.82, 2.24) is 10.3 Å². The summed E-state index contributed by atoms with van der Waals surface area (Å²) in [6, 6.07) is 20.0. The quantitative estimate of drug-likeness (QED) is 0.704. The van der Waals surface area contributed by atoms with Crippen LogP contribution in [0, 0.1) is 0 Å². The Morgan fingerprint density at radius 3 is 2.39 bits per heavy atom. The number of amides is 1. The smallest absolute Gasteiger partial charge is 0.405 e. The fraction of sp³-hybridized carbons (Fsp3) is 0.0588. The molecule has 3 rings (SSSR count). The van der Waals surface area contributed by atoms with Crippen molar-refractivity contribution in [2.24, 2.45) is 0 Å². The second kappa shape index (κ2) is 7.30. The largest absolute Gasteiger partial charge is 0.465 e. The highest BCUT2D eigenvalue weighted by Crippen LogP contribution is 2.39. The molecule has 0 saturated carbocycles. The van der Waals surface area contributed by atoms with Crippen molar-refractivity contribution in [2.45, 2.75) is 15.6 Å². The lowest BCUT2D eigenvalue weighted by molar-refractivity contribution is 0.194. The Labute approximate surface area is 142 Å². The van der Waals surface area contributed by atoms with E-state index in [-0.39, 0.29) is 6.54 Å². The van der Waals surface area contributed by atoms with Gasteiger partial charge in [0.15, 0.2) is 0 Å². The molecule has 0 aliphatic heterocycles. The first-order valence-corrected chi connectivity index (χ1v) is 8.60. The van der Waals surface area contributed by atoms with Gasteiger partial charge in [0.05, 0.1) is 16.4 Å². The molecule has 1 heterocycles. The van der Waals surface area contributed by atoms with E-state index >= 15 is 0 Å². The SMILES string of the molecule is O=C(O)NCc1nc(-c2ccccc2)c(Sc2ccccc2)s1. The van der Waals surface area contributed by atoms with Gasteiger partial charge < -0.3 is 10.4 Å². The van der Waals surface area contributed by atoms with Gasteiger partial charge in [-0.2, -0.15) is 0 Å². The van der Waals surface area contributed by atoms with E-state index in [9.17, 15) is 4.79 Å². The van der Waals surface area contributed by atoms with Crippen LogP contribution < -0.4 is 5.32 Å². The highest BCUT2D eigenvalue weighted by molar-refractivity contribution is 8.01. The number of aromatic nitrogens is 1. The first kappa shape index (κ1) is 15.6. The van der Waals surface area contributed by atoms with E-state index in [0.29, 0.717) is 0 Å². The molecule has 4 nitrogen and oxygen atoms in total. The predicted molar refractivity (Wildman–Crippen MR) is 93.0 cm³/mol. The third kappa shape index (κ3) is 4.12. The van der Waals surface area contributed by atoms with Crippen LogP contribution in [0.2, 0.25) is 0 Å². The highest BCUT2D eigenvalue weighted by Gasteiger charge is 2.14. The van der Waals surface area contributed by atoms with Gasteiger partial charge in [-0.3, -0.25) is 0 Å². The summed E-state index contributed by atoms with van der Waals surface area (Å²) in [6.45, 7) is 0.217. The molecule has 0 fully saturated rings. The molecule has 1 aromatic heterocycles. The van der Waals surface area contributed by atoms with Crippen LogP contribution >= 0.6 is 23.1 Å². The lowest BCUT2D eigenvalue weighted by Crippen LogP contribution is -2.19. The van der Waals surface area contributed by atoms with Gasteiger partial charge in [-0.15, -0.1) is 11.3 Å². The Kier molecular flexibility index (Phi) is 4.95. The third-order valence-electron chi connectivity index (χ3n) is 3.03. The number of hydrogen-bond donors (Lipinski definition) is 2. The van der Waals surface area contributed by atoms with Crippen LogP contribution in [0.5, 0.6) is 0 Å². The standard InChI is InChI=1S/C17H14N2O2S2/c20-17(21)18-11-14-19-15(12-7-3-1-4-8-12)16(23-14)22-13-9-5-2-6-10-13/h1-10,18H,11H2,(H,20,21). The first-order chi connectivity index (χ1) is 11.2. The summed E-state index contributed by atoms with van der Waals surface area (Å²) in [6.07, 6.45) is -1.04. The van der Waals surface area contributed by atoms with Crippen LogP contribution in [0.3, 0.4) is 0 Å². The van der Waals surface area contributed by atoms with Crippen molar-refractivity contribution < 1.29 is 9.90 Å². The summed E-state index contributed by atoms with van der Waals surface area (Å²) < 4.78 is 1.06. The van der Waals surface area contributed by atoms with Gasteiger partial charge in [-0.1, -0.05) is 60.3 Å². The van der Waals surface area contributed by atoms with E-state index in [1.165, 1.54) is 11.3 Å². The number of nitrogens with zero attached hydrogens (tertiary/aromatic N) is 1. The predicted octanol–water partition coefficient (Wildman–Crippen LogP) is 4.73. The van der Waals surface area contributed by atoms with Gasteiger partial charge in [-0.05, 0) is 12.1 Å². The summed E-state index contributed by atoms with van der Waals surface area (Å²) in [5.74, 6) is 0. The van der Waals surface area contributed by atoms with Gasteiger partial charge in [0.1, 0.15) is 5.01 Å². The molecule has 0 bridgehead atoms. The lowest BCUT2D eigenvalue weighted by atomic mass is 10.2. The highest BCUT2D eigenvalue weighted by atomic mass is 32.2. The van der Waals surface area contributed by atoms with Crippen molar-refractivity contribution >= 4 is 29.2 Å². The third-order valence-corrected chi connectivity index (χ3v) is 5.27. The molecule has 0 aliphatic carbocycles. The average Bonchev–Trinajstić information content (AvgIpc) is 2.97. The van der Waals surface area contributed by atoms with Crippen LogP contribution in [0.25, 0.3) is 11.3 Å². The maximum atomic E-state index is 10.7. The molecule has 2 N–H and O–H groups in total. The van der Waals surface area contributed by atoms with Gasteiger partial charge in [0.2, 0.25) is 0 Å². The van der Waals surface area contributed by atoms with Crippen molar-refractivity contribution in [3.8, 4) is 11.3 Å². The number of rotatable bonds is 5. The molecule has 23 heavy (non-hydrogen) atoms. The molecule has 0 unspecified atom stereocenters. The average molecular weight is 342 g/mol. The van der Waals surface area contributed by atoms with Crippen LogP contribution in [0.1, 0.15) is 5.01 Å². The van der Waals surface area contributed by atoms with Crippen LogP contribution in [-0.4, -0.2) is 16.2 Å². The monoisotopic (exact) mass is 342 g/mol. The maximum absolute atomic E-state index is 10.7. The van der Waals surface area contributed by atoms with Crippen LogP contribution in [-0.2, 0) is 6.54 Å². The Morgan fingerprint density at radius 1 is 1.09 bits per heavy atom. The number of hydrogen-bond acceptors (Lipinski definition) is 4. The van der Waals surface area contributed by atoms with Gasteiger partial charge in [-0.25, -0.2) is 9.78 Å². The zero-order chi connectivity index (χ0) is 16.1. The van der Waals surface area contributed by atoms with E-state index in [4.69, 9.17) is 5.11 Å². The zero-order valence-electron chi connectivity index (χ0n) is 12.1. The molecule has 2 aromatic carbocycles. The number of carbonyl (C=O) groups is 1. The second-order valence-electron chi connectivity index (χ2n) is 4.68. The van der Waals surface area contributed by atoms with E-state index in [2.05, 4.69) is 10.3 Å². The molecule has 3 aromatic rings. The fourth-order valence-electron chi connectivity index (χ4n) is 2.02. The molecule has 0 atom stereocenters. The summed E-state index contributed by atoms with van der Waals surface area (Å²) >= 11 is 3.16. The Morgan fingerprint density at radius 2 is 1.74 bits per heavy atom. The Bertz CT molecular complexity index is 789. The van der Waals surface area contributed by atoms with E-state index in [0.717, 1.165) is 25.4 Å². The Hall–Kier alpha value is -2.31. The number of thiazole rings is 1. The van der Waals surface area contributed by atoms with E-state index < -0.39 is 6.09 Å². The molecule has 1 amide bonds. The van der Waals surface area contributed by atoms with Gasteiger partial charge in [0.25, 0.3) is 0 Å². The van der Waals surface area contributed by atoms with Crippen LogP contribution in [0.15, 0.2) is 69.8 Å². The fourth-order valence-corrected chi connectivity index (χ4v) is 4.29. The Balaban J connectivity index is 1.93. The summed E-state index contributed by atoms with van der Waals surface area (Å²) in [7, 11) is 0. The normalized spacial score (nSPS) is 10.4.